The summed E-state index contributed by atoms with van der Waals surface area (Å²) >= 11 is 5.81. The molecule has 0 fully saturated rings. The van der Waals surface area contributed by atoms with E-state index in [2.05, 4.69) is 4.98 Å². The molecule has 0 spiro atoms. The summed E-state index contributed by atoms with van der Waals surface area (Å²) in [6.07, 6.45) is 0. The summed E-state index contributed by atoms with van der Waals surface area (Å²) < 4.78 is 5.58. The number of aromatic hydroxyl groups is 1. The molecule has 3 rings (SSSR count). The molecule has 17 heavy (non-hydrogen) atoms. The highest BCUT2D eigenvalue weighted by molar-refractivity contribution is 6.30. The van der Waals surface area contributed by atoms with Crippen LogP contribution in [0, 0.1) is 0 Å². The van der Waals surface area contributed by atoms with Crippen molar-refractivity contribution < 1.29 is 9.52 Å². The molecule has 1 N–H and O–H groups in total. The normalized spacial score (nSPS) is 10.9. The van der Waals surface area contributed by atoms with Crippen molar-refractivity contribution in [3.05, 3.63) is 47.5 Å². The monoisotopic (exact) mass is 245 g/mol. The Morgan fingerprint density at radius 3 is 2.59 bits per heavy atom. The van der Waals surface area contributed by atoms with Crippen molar-refractivity contribution in [3.8, 4) is 17.2 Å². The van der Waals surface area contributed by atoms with Gasteiger partial charge in [-0.1, -0.05) is 11.6 Å². The van der Waals surface area contributed by atoms with E-state index in [9.17, 15) is 5.11 Å². The minimum Gasteiger partial charge on any atom is -0.508 e. The molecule has 84 valence electrons. The van der Waals surface area contributed by atoms with Gasteiger partial charge in [0.1, 0.15) is 11.3 Å². The minimum absolute atomic E-state index is 0.174. The number of rotatable bonds is 1. The Labute approximate surface area is 102 Å². The van der Waals surface area contributed by atoms with Crippen LogP contribution in [0.1, 0.15) is 0 Å². The molecule has 4 heteroatoms. The predicted octanol–water partition coefficient (Wildman–Crippen LogP) is 3.85. The van der Waals surface area contributed by atoms with Crippen LogP contribution in [0.2, 0.25) is 5.02 Å². The molecule has 0 aliphatic carbocycles. The fraction of sp³-hybridized carbons (Fsp3) is 0. The van der Waals surface area contributed by atoms with Crippen LogP contribution in [0.4, 0.5) is 0 Å². The SMILES string of the molecule is Oc1ccc2oc(-c3ccc(Cl)cc3)nc2c1. The summed E-state index contributed by atoms with van der Waals surface area (Å²) in [5.74, 6) is 0.690. The van der Waals surface area contributed by atoms with E-state index in [0.717, 1.165) is 5.56 Å². The highest BCUT2D eigenvalue weighted by Crippen LogP contribution is 2.27. The Bertz CT molecular complexity index is 673. The predicted molar refractivity (Wildman–Crippen MR) is 66.1 cm³/mol. The number of benzene rings is 2. The molecule has 0 saturated carbocycles. The molecule has 1 aromatic heterocycles. The van der Waals surface area contributed by atoms with Crippen LogP contribution in [-0.4, -0.2) is 10.1 Å². The lowest BCUT2D eigenvalue weighted by atomic mass is 10.2. The quantitative estimate of drug-likeness (QED) is 0.708. The second-order valence-corrected chi connectivity index (χ2v) is 4.11. The number of hydrogen-bond acceptors (Lipinski definition) is 3. The van der Waals surface area contributed by atoms with Crippen molar-refractivity contribution in [2.45, 2.75) is 0 Å². The average molecular weight is 246 g/mol. The summed E-state index contributed by atoms with van der Waals surface area (Å²) in [7, 11) is 0. The Morgan fingerprint density at radius 1 is 1.06 bits per heavy atom. The van der Waals surface area contributed by atoms with Gasteiger partial charge in [-0.05, 0) is 36.4 Å². The van der Waals surface area contributed by atoms with Gasteiger partial charge < -0.3 is 9.52 Å². The van der Waals surface area contributed by atoms with E-state index in [1.165, 1.54) is 0 Å². The lowest BCUT2D eigenvalue weighted by Gasteiger charge is -1.94. The van der Waals surface area contributed by atoms with Crippen molar-refractivity contribution in [2.24, 2.45) is 0 Å². The molecular weight excluding hydrogens is 238 g/mol. The van der Waals surface area contributed by atoms with Gasteiger partial charge in [0.05, 0.1) is 0 Å². The Morgan fingerprint density at radius 2 is 1.82 bits per heavy atom. The first-order valence-corrected chi connectivity index (χ1v) is 5.46. The zero-order valence-electron chi connectivity index (χ0n) is 8.72. The fourth-order valence-corrected chi connectivity index (χ4v) is 1.76. The van der Waals surface area contributed by atoms with Crippen molar-refractivity contribution in [3.63, 3.8) is 0 Å². The van der Waals surface area contributed by atoms with E-state index in [1.807, 2.05) is 12.1 Å². The van der Waals surface area contributed by atoms with E-state index < -0.39 is 0 Å². The molecule has 0 aliphatic rings. The van der Waals surface area contributed by atoms with Gasteiger partial charge in [-0.25, -0.2) is 4.98 Å². The third-order valence-corrected chi connectivity index (χ3v) is 2.71. The smallest absolute Gasteiger partial charge is 0.227 e. The van der Waals surface area contributed by atoms with E-state index in [1.54, 1.807) is 30.3 Å². The van der Waals surface area contributed by atoms with Gasteiger partial charge in [-0.15, -0.1) is 0 Å². The number of phenols is 1. The molecule has 0 saturated heterocycles. The van der Waals surface area contributed by atoms with E-state index in [-0.39, 0.29) is 5.75 Å². The standard InChI is InChI=1S/C13H8ClNO2/c14-9-3-1-8(2-4-9)13-15-11-7-10(16)5-6-12(11)17-13/h1-7,16H. The van der Waals surface area contributed by atoms with E-state index >= 15 is 0 Å². The van der Waals surface area contributed by atoms with Crippen molar-refractivity contribution >= 4 is 22.7 Å². The molecule has 0 atom stereocenters. The topological polar surface area (TPSA) is 46.3 Å². The fourth-order valence-electron chi connectivity index (χ4n) is 1.63. The van der Waals surface area contributed by atoms with Crippen LogP contribution >= 0.6 is 11.6 Å². The lowest BCUT2D eigenvalue weighted by Crippen LogP contribution is -1.75. The second-order valence-electron chi connectivity index (χ2n) is 3.68. The number of oxazole rings is 1. The molecule has 0 unspecified atom stereocenters. The summed E-state index contributed by atoms with van der Waals surface area (Å²) in [6.45, 7) is 0. The van der Waals surface area contributed by atoms with Gasteiger partial charge in [-0.2, -0.15) is 0 Å². The Hall–Kier alpha value is -2.00. The molecule has 1 heterocycles. The van der Waals surface area contributed by atoms with Crippen LogP contribution in [0.5, 0.6) is 5.75 Å². The Kier molecular flexibility index (Phi) is 2.27. The first-order valence-electron chi connectivity index (χ1n) is 5.08. The summed E-state index contributed by atoms with van der Waals surface area (Å²) in [6, 6.07) is 12.1. The first-order chi connectivity index (χ1) is 8.22. The highest BCUT2D eigenvalue weighted by Gasteiger charge is 2.08. The van der Waals surface area contributed by atoms with Gasteiger partial charge in [0.2, 0.25) is 5.89 Å². The zero-order chi connectivity index (χ0) is 11.8. The van der Waals surface area contributed by atoms with Crippen LogP contribution in [-0.2, 0) is 0 Å². The van der Waals surface area contributed by atoms with Gasteiger partial charge in [0.25, 0.3) is 0 Å². The molecule has 3 aromatic rings. The van der Waals surface area contributed by atoms with Crippen molar-refractivity contribution in [1.29, 1.82) is 0 Å². The average Bonchev–Trinajstić information content (AvgIpc) is 2.72. The number of nitrogens with zero attached hydrogens (tertiary/aromatic N) is 1. The molecular formula is C13H8ClNO2. The summed E-state index contributed by atoms with van der Waals surface area (Å²) in [5, 5.41) is 10.0. The lowest BCUT2D eigenvalue weighted by molar-refractivity contribution is 0.476. The van der Waals surface area contributed by atoms with Gasteiger partial charge in [0.15, 0.2) is 5.58 Å². The molecule has 0 radical (unpaired) electrons. The number of phenolic OH excluding ortho intramolecular Hbond substituents is 1. The molecule has 3 nitrogen and oxygen atoms in total. The van der Waals surface area contributed by atoms with Gasteiger partial charge in [0, 0.05) is 16.7 Å². The molecule has 0 amide bonds. The minimum atomic E-state index is 0.174. The largest absolute Gasteiger partial charge is 0.508 e. The molecule has 2 aromatic carbocycles. The van der Waals surface area contributed by atoms with Crippen molar-refractivity contribution in [1.82, 2.24) is 4.98 Å². The third-order valence-electron chi connectivity index (χ3n) is 2.46. The number of halogens is 1. The van der Waals surface area contributed by atoms with E-state index in [4.69, 9.17) is 16.0 Å². The highest BCUT2D eigenvalue weighted by atomic mass is 35.5. The van der Waals surface area contributed by atoms with Gasteiger partial charge >= 0.3 is 0 Å². The first kappa shape index (κ1) is 10.2. The number of aromatic nitrogens is 1. The zero-order valence-corrected chi connectivity index (χ0v) is 9.48. The van der Waals surface area contributed by atoms with Crippen LogP contribution < -0.4 is 0 Å². The summed E-state index contributed by atoms with van der Waals surface area (Å²) in [5.41, 5.74) is 2.13. The molecule has 0 bridgehead atoms. The van der Waals surface area contributed by atoms with Crippen LogP contribution in [0.25, 0.3) is 22.6 Å². The third kappa shape index (κ3) is 1.85. The maximum absolute atomic E-state index is 9.35. The maximum atomic E-state index is 9.35. The number of fused-ring (bicyclic) bond motifs is 1. The number of hydrogen-bond donors (Lipinski definition) is 1. The van der Waals surface area contributed by atoms with Crippen LogP contribution in [0.15, 0.2) is 46.9 Å². The van der Waals surface area contributed by atoms with Gasteiger partial charge in [-0.3, -0.25) is 0 Å². The van der Waals surface area contributed by atoms with E-state index in [0.29, 0.717) is 22.0 Å². The Balaban J connectivity index is 2.14. The van der Waals surface area contributed by atoms with Crippen LogP contribution in [0.3, 0.4) is 0 Å². The second kappa shape index (κ2) is 3.79. The molecule has 0 aliphatic heterocycles. The maximum Gasteiger partial charge on any atom is 0.227 e. The van der Waals surface area contributed by atoms with Crippen molar-refractivity contribution in [2.75, 3.05) is 0 Å². The summed E-state index contributed by atoms with van der Waals surface area (Å²) in [4.78, 5) is 4.30.